The van der Waals surface area contributed by atoms with Crippen molar-refractivity contribution in [3.63, 3.8) is 0 Å². The number of pyridine rings is 1. The number of carbonyl (C=O) groups is 2. The molecule has 1 fully saturated rings. The molecule has 39 heavy (non-hydrogen) atoms. The zero-order chi connectivity index (χ0) is 27.7. The lowest BCUT2D eigenvalue weighted by Gasteiger charge is -2.10. The molecular weight excluding hydrogens is 514 g/mol. The van der Waals surface area contributed by atoms with Gasteiger partial charge in [0.2, 0.25) is 11.9 Å². The van der Waals surface area contributed by atoms with Crippen LogP contribution in [0.15, 0.2) is 47.5 Å². The number of esters is 1. The number of nitrogens with one attached hydrogen (secondary N) is 2. The maximum absolute atomic E-state index is 14.0. The van der Waals surface area contributed by atoms with Gasteiger partial charge < -0.3 is 19.9 Å². The number of anilines is 2. The summed E-state index contributed by atoms with van der Waals surface area (Å²) in [5.74, 6) is -8.44. The van der Waals surface area contributed by atoms with E-state index in [-0.39, 0.29) is 12.2 Å². The summed E-state index contributed by atoms with van der Waals surface area (Å²) < 4.78 is 37.8. The van der Waals surface area contributed by atoms with Gasteiger partial charge in [-0.05, 0) is 32.0 Å². The van der Waals surface area contributed by atoms with E-state index in [2.05, 4.69) is 45.4 Å². The van der Waals surface area contributed by atoms with Gasteiger partial charge in [0.05, 0.1) is 36.1 Å². The largest absolute Gasteiger partial charge is 0.469 e. The lowest BCUT2D eigenvalue weighted by molar-refractivity contribution is -0.144. The molecule has 4 heterocycles. The average molecular weight is 536 g/mol. The highest BCUT2D eigenvalue weighted by Gasteiger charge is 2.76. The van der Waals surface area contributed by atoms with E-state index in [9.17, 15) is 18.4 Å². The van der Waals surface area contributed by atoms with Crippen LogP contribution in [0.1, 0.15) is 17.0 Å². The molecule has 1 aliphatic carbocycles. The van der Waals surface area contributed by atoms with Gasteiger partial charge in [0, 0.05) is 30.7 Å². The molecule has 0 bridgehead atoms. The summed E-state index contributed by atoms with van der Waals surface area (Å²) in [7, 11) is 0.998. The number of rotatable bonds is 8. The fourth-order valence-electron chi connectivity index (χ4n) is 4.09. The van der Waals surface area contributed by atoms with Crippen molar-refractivity contribution in [3.05, 3.63) is 59.9 Å². The maximum atomic E-state index is 14.0. The summed E-state index contributed by atoms with van der Waals surface area (Å²) >= 11 is 0. The Morgan fingerprint density at radius 2 is 1.82 bits per heavy atom. The van der Waals surface area contributed by atoms with Gasteiger partial charge in [0.15, 0.2) is 5.76 Å². The molecule has 2 atom stereocenters. The van der Waals surface area contributed by atoms with E-state index in [1.165, 1.54) is 6.07 Å². The fourth-order valence-corrected chi connectivity index (χ4v) is 4.09. The first-order valence-electron chi connectivity index (χ1n) is 11.7. The van der Waals surface area contributed by atoms with Crippen molar-refractivity contribution in [2.24, 2.45) is 11.8 Å². The molecular formula is C25H22F2N8O4. The number of hydrogen-bond acceptors (Lipinski definition) is 11. The van der Waals surface area contributed by atoms with Crippen molar-refractivity contribution in [3.8, 4) is 22.8 Å². The molecule has 0 aromatic carbocycles. The van der Waals surface area contributed by atoms with Gasteiger partial charge in [0.1, 0.15) is 23.2 Å². The molecule has 0 unspecified atom stereocenters. The summed E-state index contributed by atoms with van der Waals surface area (Å²) in [5, 5.41) is 9.61. The van der Waals surface area contributed by atoms with Gasteiger partial charge in [-0.25, -0.2) is 23.7 Å². The van der Waals surface area contributed by atoms with Crippen LogP contribution in [-0.4, -0.2) is 55.0 Å². The minimum absolute atomic E-state index is 0.222. The first kappa shape index (κ1) is 25.8. The summed E-state index contributed by atoms with van der Waals surface area (Å²) in [6.45, 7) is 3.64. The number of amides is 1. The molecule has 5 rings (SSSR count). The number of halogens is 2. The third-order valence-electron chi connectivity index (χ3n) is 6.26. The molecule has 12 nitrogen and oxygen atoms in total. The zero-order valence-corrected chi connectivity index (χ0v) is 21.0. The number of carbonyl (C=O) groups excluding carboxylic acids is 2. The number of aromatic nitrogens is 6. The van der Waals surface area contributed by atoms with Gasteiger partial charge in [-0.2, -0.15) is 0 Å². The van der Waals surface area contributed by atoms with Crippen LogP contribution in [-0.2, 0) is 20.9 Å². The Morgan fingerprint density at radius 3 is 2.54 bits per heavy atom. The van der Waals surface area contributed by atoms with Crippen molar-refractivity contribution >= 4 is 23.5 Å². The minimum atomic E-state index is -3.46. The topological polar surface area (TPSA) is 158 Å². The van der Waals surface area contributed by atoms with Crippen LogP contribution >= 0.6 is 0 Å². The second-order valence-electron chi connectivity index (χ2n) is 8.76. The molecule has 0 saturated heterocycles. The Hall–Kier alpha value is -4.88. The monoisotopic (exact) mass is 536 g/mol. The Labute approximate surface area is 220 Å². The molecule has 0 radical (unpaired) electrons. The number of hydrogen-bond donors (Lipinski definition) is 2. The molecule has 1 amide bonds. The van der Waals surface area contributed by atoms with Crippen LogP contribution in [0, 0.1) is 25.7 Å². The van der Waals surface area contributed by atoms with Gasteiger partial charge in [-0.3, -0.25) is 19.6 Å². The van der Waals surface area contributed by atoms with E-state index >= 15 is 0 Å². The minimum Gasteiger partial charge on any atom is -0.469 e. The second-order valence-corrected chi connectivity index (χ2v) is 8.76. The second kappa shape index (κ2) is 10.1. The molecule has 4 aromatic heterocycles. The first-order chi connectivity index (χ1) is 18.7. The van der Waals surface area contributed by atoms with Crippen molar-refractivity contribution in [2.75, 3.05) is 17.7 Å². The Morgan fingerprint density at radius 1 is 1.00 bits per heavy atom. The van der Waals surface area contributed by atoms with Gasteiger partial charge in [-0.1, -0.05) is 5.16 Å². The predicted octanol–water partition coefficient (Wildman–Crippen LogP) is 3.21. The molecule has 14 heteroatoms. The zero-order valence-electron chi connectivity index (χ0n) is 21.0. The van der Waals surface area contributed by atoms with Crippen LogP contribution in [0.2, 0.25) is 0 Å². The normalized spacial score (nSPS) is 17.4. The lowest BCUT2D eigenvalue weighted by Crippen LogP contribution is -2.19. The van der Waals surface area contributed by atoms with E-state index in [4.69, 9.17) is 4.52 Å². The van der Waals surface area contributed by atoms with Gasteiger partial charge >= 0.3 is 5.97 Å². The molecule has 4 aromatic rings. The molecule has 1 saturated carbocycles. The number of aryl methyl sites for hydroxylation is 2. The Balaban J connectivity index is 1.30. The Bertz CT molecular complexity index is 1550. The highest BCUT2D eigenvalue weighted by molar-refractivity contribution is 6.00. The van der Waals surface area contributed by atoms with Crippen LogP contribution in [0.3, 0.4) is 0 Å². The van der Waals surface area contributed by atoms with Crippen LogP contribution in [0.25, 0.3) is 22.8 Å². The van der Waals surface area contributed by atoms with Crippen molar-refractivity contribution < 1.29 is 27.6 Å². The average Bonchev–Trinajstić information content (AvgIpc) is 3.34. The fraction of sp³-hybridized carbons (Fsp3) is 0.280. The van der Waals surface area contributed by atoms with Crippen molar-refractivity contribution in [1.29, 1.82) is 0 Å². The van der Waals surface area contributed by atoms with Crippen LogP contribution in [0.4, 0.5) is 20.4 Å². The van der Waals surface area contributed by atoms with Gasteiger partial charge in [0.25, 0.3) is 5.92 Å². The lowest BCUT2D eigenvalue weighted by atomic mass is 10.1. The quantitative estimate of drug-likeness (QED) is 0.319. The molecule has 0 spiro atoms. The maximum Gasteiger partial charge on any atom is 0.315 e. The van der Waals surface area contributed by atoms with Crippen LogP contribution < -0.4 is 10.6 Å². The first-order valence-corrected chi connectivity index (χ1v) is 11.7. The van der Waals surface area contributed by atoms with E-state index in [1.807, 2.05) is 0 Å². The smallest absolute Gasteiger partial charge is 0.315 e. The summed E-state index contributed by atoms with van der Waals surface area (Å²) in [6, 6.07) is 4.81. The van der Waals surface area contributed by atoms with Gasteiger partial charge in [-0.15, -0.1) is 0 Å². The Kier molecular flexibility index (Phi) is 6.68. The molecule has 2 N–H and O–H groups in total. The predicted molar refractivity (Wildman–Crippen MR) is 132 cm³/mol. The standard InChI is InChI=1S/C25H22F2N8O4/c1-12-14(10-31-24-30-7-6-16(34-24)18-11-28-8-9-29-18)21(39-35-12)17-5-4-15(13(2)32-17)33-22(36)19-20(23(37)38-3)25(19,26)27/h4-9,11,19-20H,10H2,1-3H3,(H,33,36)(H,30,31,34)/t19-,20-/m0/s1. The third-order valence-corrected chi connectivity index (χ3v) is 6.26. The van der Waals surface area contributed by atoms with E-state index < -0.39 is 29.6 Å². The molecule has 0 aliphatic heterocycles. The van der Waals surface area contributed by atoms with Crippen LogP contribution in [0.5, 0.6) is 0 Å². The number of alkyl halides is 2. The SMILES string of the molecule is COC(=O)[C@@H]1[C@@H](C(=O)Nc2ccc(-c3onc(C)c3CNc3nccc(-c4cnccn4)n3)nc2C)C1(F)F. The number of ether oxygens (including phenoxy) is 1. The van der Waals surface area contributed by atoms with E-state index in [0.29, 0.717) is 45.7 Å². The van der Waals surface area contributed by atoms with Crippen molar-refractivity contribution in [2.45, 2.75) is 26.3 Å². The van der Waals surface area contributed by atoms with E-state index in [0.717, 1.165) is 7.11 Å². The summed E-state index contributed by atoms with van der Waals surface area (Å²) in [6.07, 6.45) is 6.34. The number of methoxy groups -OCH3 is 1. The summed E-state index contributed by atoms with van der Waals surface area (Å²) in [4.78, 5) is 45.5. The van der Waals surface area contributed by atoms with E-state index in [1.54, 1.807) is 50.8 Å². The molecule has 1 aliphatic rings. The number of nitrogens with zero attached hydrogens (tertiary/aromatic N) is 6. The highest BCUT2D eigenvalue weighted by Crippen LogP contribution is 2.56. The van der Waals surface area contributed by atoms with Crippen molar-refractivity contribution in [1.82, 2.24) is 30.1 Å². The third kappa shape index (κ3) is 5.00. The molecule has 200 valence electrons. The summed E-state index contributed by atoms with van der Waals surface area (Å²) in [5.41, 5.74) is 3.51. The highest BCUT2D eigenvalue weighted by atomic mass is 19.3.